The van der Waals surface area contributed by atoms with Crippen molar-refractivity contribution in [2.45, 2.75) is 6.42 Å². The number of hydrogen-bond donors (Lipinski definition) is 2. The van der Waals surface area contributed by atoms with Crippen LogP contribution in [0.4, 0.5) is 4.39 Å². The second-order valence-corrected chi connectivity index (χ2v) is 2.76. The summed E-state index contributed by atoms with van der Waals surface area (Å²) >= 11 is 0. The molecular weight excluding hydrogens is 185 g/mol. The summed E-state index contributed by atoms with van der Waals surface area (Å²) in [5.74, 6) is -0.762. The van der Waals surface area contributed by atoms with Crippen molar-refractivity contribution in [3.05, 3.63) is 29.8 Å². The van der Waals surface area contributed by atoms with Gasteiger partial charge in [0.15, 0.2) is 0 Å². The van der Waals surface area contributed by atoms with E-state index < -0.39 is 5.82 Å². The summed E-state index contributed by atoms with van der Waals surface area (Å²) in [5, 5.41) is 2.62. The fourth-order valence-electron chi connectivity index (χ4n) is 0.905. The summed E-state index contributed by atoms with van der Waals surface area (Å²) in [6.45, 7) is 1.03. The van der Waals surface area contributed by atoms with Gasteiger partial charge in [-0.15, -0.1) is 0 Å². The molecule has 0 spiro atoms. The monoisotopic (exact) mass is 197 g/mol. The van der Waals surface area contributed by atoms with E-state index in [9.17, 15) is 9.18 Å². The van der Waals surface area contributed by atoms with Gasteiger partial charge < -0.3 is 11.1 Å². The quantitative estimate of drug-likeness (QED) is 0.682. The number of nitrogens with zero attached hydrogens (tertiary/aromatic N) is 1. The Hall–Kier alpha value is -1.49. The molecule has 0 saturated carbocycles. The Bertz CT molecular complexity index is 299. The van der Waals surface area contributed by atoms with Gasteiger partial charge in [-0.3, -0.25) is 4.79 Å². The van der Waals surface area contributed by atoms with Gasteiger partial charge in [0.1, 0.15) is 11.5 Å². The highest BCUT2D eigenvalue weighted by Gasteiger charge is 2.05. The Morgan fingerprint density at radius 2 is 2.36 bits per heavy atom. The Labute approximate surface area is 81.3 Å². The van der Waals surface area contributed by atoms with Gasteiger partial charge >= 0.3 is 0 Å². The number of pyridine rings is 1. The van der Waals surface area contributed by atoms with Gasteiger partial charge in [0.2, 0.25) is 0 Å². The molecule has 14 heavy (non-hydrogen) atoms. The molecule has 0 saturated heterocycles. The Morgan fingerprint density at radius 1 is 1.57 bits per heavy atom. The number of nitrogens with two attached hydrogens (primary N) is 1. The zero-order valence-electron chi connectivity index (χ0n) is 7.66. The van der Waals surface area contributed by atoms with Crippen LogP contribution in [-0.4, -0.2) is 24.0 Å². The van der Waals surface area contributed by atoms with Gasteiger partial charge in [-0.2, -0.15) is 0 Å². The van der Waals surface area contributed by atoms with E-state index in [0.717, 1.165) is 6.20 Å². The number of carbonyl (C=O) groups is 1. The second kappa shape index (κ2) is 5.29. The van der Waals surface area contributed by atoms with E-state index in [-0.39, 0.29) is 11.6 Å². The molecule has 0 aliphatic rings. The predicted molar refractivity (Wildman–Crippen MR) is 50.2 cm³/mol. The van der Waals surface area contributed by atoms with E-state index in [1.165, 1.54) is 12.1 Å². The third-order valence-corrected chi connectivity index (χ3v) is 1.63. The zero-order chi connectivity index (χ0) is 10.4. The van der Waals surface area contributed by atoms with Crippen LogP contribution in [0.5, 0.6) is 0 Å². The number of carbonyl (C=O) groups excluding carboxylic acids is 1. The smallest absolute Gasteiger partial charge is 0.269 e. The molecule has 0 radical (unpaired) electrons. The highest BCUT2D eigenvalue weighted by Crippen LogP contribution is 1.97. The Balaban J connectivity index is 2.48. The van der Waals surface area contributed by atoms with Crippen molar-refractivity contribution in [2.75, 3.05) is 13.1 Å². The van der Waals surface area contributed by atoms with E-state index in [4.69, 9.17) is 5.73 Å². The average Bonchev–Trinajstić information content (AvgIpc) is 2.19. The minimum absolute atomic E-state index is 0.212. The molecule has 0 aliphatic heterocycles. The number of rotatable bonds is 4. The van der Waals surface area contributed by atoms with Gasteiger partial charge in [0, 0.05) is 6.54 Å². The van der Waals surface area contributed by atoms with Crippen LogP contribution >= 0.6 is 0 Å². The standard InChI is InChI=1S/C9H12FN3O/c10-7-2-3-8(13-6-7)9(14)12-5-1-4-11/h2-3,6H,1,4-5,11H2,(H,12,14). The van der Waals surface area contributed by atoms with Crippen LogP contribution in [0.15, 0.2) is 18.3 Å². The maximum Gasteiger partial charge on any atom is 0.269 e. The van der Waals surface area contributed by atoms with Gasteiger partial charge in [-0.25, -0.2) is 9.37 Å². The SMILES string of the molecule is NCCCNC(=O)c1ccc(F)cn1. The lowest BCUT2D eigenvalue weighted by Gasteiger charge is -2.02. The first kappa shape index (κ1) is 10.6. The van der Waals surface area contributed by atoms with Crippen LogP contribution in [0.1, 0.15) is 16.9 Å². The molecule has 5 heteroatoms. The van der Waals surface area contributed by atoms with Crippen LogP contribution in [0.2, 0.25) is 0 Å². The normalized spacial score (nSPS) is 9.86. The first-order valence-electron chi connectivity index (χ1n) is 4.34. The number of amides is 1. The highest BCUT2D eigenvalue weighted by molar-refractivity contribution is 5.92. The second-order valence-electron chi connectivity index (χ2n) is 2.76. The maximum absolute atomic E-state index is 12.4. The van der Waals surface area contributed by atoms with Gasteiger partial charge in [0.05, 0.1) is 6.20 Å². The highest BCUT2D eigenvalue weighted by atomic mass is 19.1. The third kappa shape index (κ3) is 3.10. The number of halogens is 1. The van der Waals surface area contributed by atoms with Gasteiger partial charge in [-0.1, -0.05) is 0 Å². The summed E-state index contributed by atoms with van der Waals surface area (Å²) in [7, 11) is 0. The largest absolute Gasteiger partial charge is 0.351 e. The molecule has 4 nitrogen and oxygen atoms in total. The van der Waals surface area contributed by atoms with Crippen molar-refractivity contribution in [2.24, 2.45) is 5.73 Å². The van der Waals surface area contributed by atoms with Crippen LogP contribution in [0, 0.1) is 5.82 Å². The Kier molecular flexibility index (Phi) is 4.00. The van der Waals surface area contributed by atoms with Crippen molar-refractivity contribution < 1.29 is 9.18 Å². The summed E-state index contributed by atoms with van der Waals surface area (Å²) in [6.07, 6.45) is 1.73. The number of hydrogen-bond acceptors (Lipinski definition) is 3. The molecule has 1 rings (SSSR count). The van der Waals surface area contributed by atoms with Crippen molar-refractivity contribution >= 4 is 5.91 Å². The van der Waals surface area contributed by atoms with E-state index in [2.05, 4.69) is 10.3 Å². The van der Waals surface area contributed by atoms with Crippen LogP contribution < -0.4 is 11.1 Å². The van der Waals surface area contributed by atoms with Crippen molar-refractivity contribution in [3.63, 3.8) is 0 Å². The minimum Gasteiger partial charge on any atom is -0.351 e. The van der Waals surface area contributed by atoms with E-state index in [1.54, 1.807) is 0 Å². The summed E-state index contributed by atoms with van der Waals surface area (Å²) < 4.78 is 12.4. The van der Waals surface area contributed by atoms with Crippen molar-refractivity contribution in [1.29, 1.82) is 0 Å². The van der Waals surface area contributed by atoms with E-state index in [1.807, 2.05) is 0 Å². The van der Waals surface area contributed by atoms with Gasteiger partial charge in [0.25, 0.3) is 5.91 Å². The molecule has 0 fully saturated rings. The van der Waals surface area contributed by atoms with Gasteiger partial charge in [-0.05, 0) is 25.1 Å². The fraction of sp³-hybridized carbons (Fsp3) is 0.333. The summed E-state index contributed by atoms with van der Waals surface area (Å²) in [5.41, 5.74) is 5.47. The maximum atomic E-state index is 12.4. The molecule has 76 valence electrons. The summed E-state index contributed by atoms with van der Waals surface area (Å²) in [6, 6.07) is 2.54. The van der Waals surface area contributed by atoms with E-state index >= 15 is 0 Å². The van der Waals surface area contributed by atoms with E-state index in [0.29, 0.717) is 19.5 Å². The lowest BCUT2D eigenvalue weighted by Crippen LogP contribution is -2.26. The molecule has 0 unspecified atom stereocenters. The van der Waals surface area contributed by atoms with Crippen LogP contribution in [0.3, 0.4) is 0 Å². The van der Waals surface area contributed by atoms with Crippen LogP contribution in [-0.2, 0) is 0 Å². The molecule has 1 aromatic rings. The molecule has 0 aromatic carbocycles. The molecule has 1 aromatic heterocycles. The molecule has 0 atom stereocenters. The zero-order valence-corrected chi connectivity index (χ0v) is 7.66. The first-order valence-corrected chi connectivity index (χ1v) is 4.34. The topological polar surface area (TPSA) is 68.0 Å². The third-order valence-electron chi connectivity index (χ3n) is 1.63. The molecule has 1 heterocycles. The lowest BCUT2D eigenvalue weighted by molar-refractivity contribution is 0.0948. The number of nitrogens with one attached hydrogen (secondary N) is 1. The van der Waals surface area contributed by atoms with Crippen molar-refractivity contribution in [1.82, 2.24) is 10.3 Å². The van der Waals surface area contributed by atoms with Crippen LogP contribution in [0.25, 0.3) is 0 Å². The average molecular weight is 197 g/mol. The minimum atomic E-state index is -0.455. The van der Waals surface area contributed by atoms with Crippen molar-refractivity contribution in [3.8, 4) is 0 Å². The lowest BCUT2D eigenvalue weighted by atomic mass is 10.3. The number of aromatic nitrogens is 1. The fourth-order valence-corrected chi connectivity index (χ4v) is 0.905. The summed E-state index contributed by atoms with van der Waals surface area (Å²) in [4.78, 5) is 14.9. The molecule has 3 N–H and O–H groups in total. The molecule has 0 aliphatic carbocycles. The molecule has 1 amide bonds. The first-order chi connectivity index (χ1) is 6.74. The predicted octanol–water partition coefficient (Wildman–Crippen LogP) is 0.299. The Morgan fingerprint density at radius 3 is 2.93 bits per heavy atom. The molecule has 0 bridgehead atoms. The molecular formula is C9H12FN3O.